The van der Waals surface area contributed by atoms with Crippen LogP contribution >= 0.6 is 23.1 Å². The summed E-state index contributed by atoms with van der Waals surface area (Å²) in [5.74, 6) is 0.115. The number of benzene rings is 1. The fourth-order valence-electron chi connectivity index (χ4n) is 2.19. The number of Topliss-reactive ketones (excluding diaryl/α,β-unsaturated/α-hetero) is 1. The van der Waals surface area contributed by atoms with Gasteiger partial charge in [0.05, 0.1) is 10.6 Å². The molecule has 7 heteroatoms. The lowest BCUT2D eigenvalue weighted by Crippen LogP contribution is -2.07. The van der Waals surface area contributed by atoms with Crippen molar-refractivity contribution in [3.05, 3.63) is 34.8 Å². The summed E-state index contributed by atoms with van der Waals surface area (Å²) in [4.78, 5) is 17.1. The van der Waals surface area contributed by atoms with Crippen molar-refractivity contribution in [2.45, 2.75) is 29.7 Å². The fraction of sp³-hybridized carbons (Fsp3) is 0.286. The van der Waals surface area contributed by atoms with Crippen LogP contribution in [0.5, 0.6) is 0 Å². The Balaban J connectivity index is 1.86. The molecule has 2 nitrogen and oxygen atoms in total. The van der Waals surface area contributed by atoms with Crippen LogP contribution in [0.15, 0.2) is 29.2 Å². The molecule has 110 valence electrons. The van der Waals surface area contributed by atoms with Crippen molar-refractivity contribution >= 4 is 28.9 Å². The van der Waals surface area contributed by atoms with Gasteiger partial charge in [0, 0.05) is 16.9 Å². The van der Waals surface area contributed by atoms with Crippen LogP contribution in [0.4, 0.5) is 13.2 Å². The SMILES string of the molecule is O=C1CCCc2nc(-c3ccc(SC(F)(F)F)cc3)sc21. The van der Waals surface area contributed by atoms with Crippen molar-refractivity contribution in [2.24, 2.45) is 0 Å². The number of ketones is 1. The van der Waals surface area contributed by atoms with Crippen molar-refractivity contribution in [1.82, 2.24) is 4.98 Å². The van der Waals surface area contributed by atoms with Gasteiger partial charge in [-0.2, -0.15) is 13.2 Å². The first-order chi connectivity index (χ1) is 9.92. The van der Waals surface area contributed by atoms with E-state index in [9.17, 15) is 18.0 Å². The minimum Gasteiger partial charge on any atom is -0.293 e. The summed E-state index contributed by atoms with van der Waals surface area (Å²) in [6.07, 6.45) is 2.16. The first-order valence-electron chi connectivity index (χ1n) is 6.31. The highest BCUT2D eigenvalue weighted by atomic mass is 32.2. The topological polar surface area (TPSA) is 30.0 Å². The van der Waals surface area contributed by atoms with Gasteiger partial charge in [0.25, 0.3) is 0 Å². The zero-order valence-electron chi connectivity index (χ0n) is 10.7. The van der Waals surface area contributed by atoms with Crippen molar-refractivity contribution in [2.75, 3.05) is 0 Å². The number of aromatic nitrogens is 1. The van der Waals surface area contributed by atoms with Crippen LogP contribution in [0.25, 0.3) is 10.6 Å². The van der Waals surface area contributed by atoms with Gasteiger partial charge in [0.15, 0.2) is 5.78 Å². The third-order valence-corrected chi connectivity index (χ3v) is 5.03. The molecule has 0 spiro atoms. The van der Waals surface area contributed by atoms with Crippen LogP contribution < -0.4 is 0 Å². The van der Waals surface area contributed by atoms with Gasteiger partial charge in [-0.25, -0.2) is 4.98 Å². The molecule has 0 atom stereocenters. The number of halogens is 3. The fourth-order valence-corrected chi connectivity index (χ4v) is 3.82. The molecule has 0 unspecified atom stereocenters. The van der Waals surface area contributed by atoms with Crippen LogP contribution in [-0.4, -0.2) is 16.3 Å². The summed E-state index contributed by atoms with van der Waals surface area (Å²) in [5.41, 5.74) is -2.72. The number of hydrogen-bond donors (Lipinski definition) is 0. The Labute approximate surface area is 127 Å². The minimum atomic E-state index is -4.28. The molecule has 1 aliphatic rings. The zero-order chi connectivity index (χ0) is 15.0. The van der Waals surface area contributed by atoms with Crippen molar-refractivity contribution < 1.29 is 18.0 Å². The first-order valence-corrected chi connectivity index (χ1v) is 7.95. The van der Waals surface area contributed by atoms with Crippen LogP contribution in [-0.2, 0) is 6.42 Å². The second-order valence-corrected chi connectivity index (χ2v) is 6.78. The van der Waals surface area contributed by atoms with Gasteiger partial charge in [-0.15, -0.1) is 11.3 Å². The molecule has 1 aliphatic carbocycles. The molecule has 3 rings (SSSR count). The Morgan fingerprint density at radius 2 is 1.86 bits per heavy atom. The molecule has 0 radical (unpaired) electrons. The summed E-state index contributed by atoms with van der Waals surface area (Å²) in [6.45, 7) is 0. The number of carbonyl (C=O) groups is 1. The van der Waals surface area contributed by atoms with Crippen LogP contribution in [0.3, 0.4) is 0 Å². The molecule has 0 N–H and O–H groups in total. The molecular weight excluding hydrogens is 319 g/mol. The molecule has 0 amide bonds. The molecule has 0 fully saturated rings. The lowest BCUT2D eigenvalue weighted by Gasteiger charge is -2.06. The monoisotopic (exact) mass is 329 g/mol. The Hall–Kier alpha value is -1.34. The maximum absolute atomic E-state index is 12.3. The van der Waals surface area contributed by atoms with Crippen molar-refractivity contribution in [3.8, 4) is 10.6 Å². The van der Waals surface area contributed by atoms with E-state index >= 15 is 0 Å². The zero-order valence-corrected chi connectivity index (χ0v) is 12.4. The number of carbonyl (C=O) groups excluding carboxylic acids is 1. The second-order valence-electron chi connectivity index (χ2n) is 4.64. The number of nitrogens with zero attached hydrogens (tertiary/aromatic N) is 1. The summed E-state index contributed by atoms with van der Waals surface area (Å²) in [7, 11) is 0. The number of thiazole rings is 1. The molecular formula is C14H10F3NOS2. The summed E-state index contributed by atoms with van der Waals surface area (Å²) >= 11 is 1.19. The largest absolute Gasteiger partial charge is 0.446 e. The van der Waals surface area contributed by atoms with E-state index in [1.54, 1.807) is 12.1 Å². The van der Waals surface area contributed by atoms with E-state index in [1.165, 1.54) is 23.5 Å². The number of thioether (sulfide) groups is 1. The minimum absolute atomic E-state index is 0.115. The van der Waals surface area contributed by atoms with E-state index in [4.69, 9.17) is 0 Å². The summed E-state index contributed by atoms with van der Waals surface area (Å²) in [5, 5.41) is 0.693. The lowest BCUT2D eigenvalue weighted by atomic mass is 10.0. The van der Waals surface area contributed by atoms with E-state index in [1.807, 2.05) is 0 Å². The third kappa shape index (κ3) is 3.29. The smallest absolute Gasteiger partial charge is 0.293 e. The number of rotatable bonds is 2. The van der Waals surface area contributed by atoms with Crippen LogP contribution in [0.1, 0.15) is 28.2 Å². The molecule has 0 aliphatic heterocycles. The standard InChI is InChI=1S/C14H10F3NOS2/c15-14(16,17)21-9-6-4-8(5-7-9)13-18-10-2-1-3-11(19)12(10)20-13/h4-7H,1-3H2. The number of fused-ring (bicyclic) bond motifs is 1. The number of hydrogen-bond acceptors (Lipinski definition) is 4. The molecule has 1 aromatic carbocycles. The van der Waals surface area contributed by atoms with Crippen molar-refractivity contribution in [1.29, 1.82) is 0 Å². The van der Waals surface area contributed by atoms with E-state index in [0.717, 1.165) is 24.1 Å². The quantitative estimate of drug-likeness (QED) is 0.731. The highest BCUT2D eigenvalue weighted by Crippen LogP contribution is 2.38. The van der Waals surface area contributed by atoms with Gasteiger partial charge in [0.1, 0.15) is 5.01 Å². The predicted molar refractivity (Wildman–Crippen MR) is 76.7 cm³/mol. The molecule has 0 saturated carbocycles. The van der Waals surface area contributed by atoms with Gasteiger partial charge < -0.3 is 0 Å². The van der Waals surface area contributed by atoms with Gasteiger partial charge >= 0.3 is 5.51 Å². The van der Waals surface area contributed by atoms with Gasteiger partial charge in [-0.3, -0.25) is 4.79 Å². The number of aryl methyl sites for hydroxylation is 1. The van der Waals surface area contributed by atoms with Gasteiger partial charge in [-0.1, -0.05) is 12.1 Å². The molecule has 21 heavy (non-hydrogen) atoms. The Kier molecular flexibility index (Phi) is 3.79. The van der Waals surface area contributed by atoms with Crippen LogP contribution in [0.2, 0.25) is 0 Å². The average molecular weight is 329 g/mol. The first kappa shape index (κ1) is 14.6. The molecule has 1 heterocycles. The number of alkyl halides is 3. The van der Waals surface area contributed by atoms with Gasteiger partial charge in [0.2, 0.25) is 0 Å². The summed E-state index contributed by atoms with van der Waals surface area (Å²) < 4.78 is 36.8. The van der Waals surface area contributed by atoms with E-state index < -0.39 is 5.51 Å². The highest BCUT2D eigenvalue weighted by Gasteiger charge is 2.29. The highest BCUT2D eigenvalue weighted by molar-refractivity contribution is 8.00. The average Bonchev–Trinajstić information content (AvgIpc) is 2.83. The normalized spacial score (nSPS) is 15.1. The maximum Gasteiger partial charge on any atom is 0.446 e. The molecule has 2 aromatic rings. The Bertz CT molecular complexity index is 677. The Morgan fingerprint density at radius 1 is 1.14 bits per heavy atom. The second kappa shape index (κ2) is 5.46. The van der Waals surface area contributed by atoms with E-state index in [0.29, 0.717) is 16.3 Å². The predicted octanol–water partition coefficient (Wildman–Crippen LogP) is 4.94. The Morgan fingerprint density at radius 3 is 2.48 bits per heavy atom. The molecule has 0 bridgehead atoms. The van der Waals surface area contributed by atoms with Crippen LogP contribution in [0, 0.1) is 0 Å². The third-order valence-electron chi connectivity index (χ3n) is 3.10. The van der Waals surface area contributed by atoms with Crippen molar-refractivity contribution in [3.63, 3.8) is 0 Å². The summed E-state index contributed by atoms with van der Waals surface area (Å²) in [6, 6.07) is 6.08. The molecule has 1 aromatic heterocycles. The van der Waals surface area contributed by atoms with E-state index in [2.05, 4.69) is 4.98 Å². The lowest BCUT2D eigenvalue weighted by molar-refractivity contribution is -0.0328. The van der Waals surface area contributed by atoms with E-state index in [-0.39, 0.29) is 22.4 Å². The maximum atomic E-state index is 12.3. The molecule has 0 saturated heterocycles. The van der Waals surface area contributed by atoms with Gasteiger partial charge in [-0.05, 0) is 36.7 Å².